The maximum atomic E-state index is 12.6. The fraction of sp³-hybridized carbons (Fsp3) is 0.100. The van der Waals surface area contributed by atoms with Gasteiger partial charge in [-0.25, -0.2) is 28.8 Å². The first kappa shape index (κ1) is 33.4. The Morgan fingerprint density at radius 3 is 1.38 bits per heavy atom. The number of hydrazone groups is 2. The van der Waals surface area contributed by atoms with E-state index in [4.69, 9.17) is 9.47 Å². The number of carbonyl (C=O) groups is 2. The Balaban J connectivity index is 0.842. The van der Waals surface area contributed by atoms with Gasteiger partial charge in [-0.05, 0) is 96.1 Å². The molecule has 2 N–H and O–H groups in total. The number of fused-ring (bicyclic) bond motifs is 2. The van der Waals surface area contributed by atoms with Crippen molar-refractivity contribution in [1.82, 2.24) is 20.0 Å². The first-order valence-electron chi connectivity index (χ1n) is 16.5. The molecule has 52 heavy (non-hydrogen) atoms. The van der Waals surface area contributed by atoms with Gasteiger partial charge >= 0.3 is 0 Å². The summed E-state index contributed by atoms with van der Waals surface area (Å²) in [6, 6.07) is 33.1. The second kappa shape index (κ2) is 15.2. The van der Waals surface area contributed by atoms with Crippen LogP contribution >= 0.6 is 0 Å². The van der Waals surface area contributed by atoms with Crippen LogP contribution in [0.2, 0.25) is 0 Å². The van der Waals surface area contributed by atoms with Crippen LogP contribution in [-0.4, -0.2) is 33.4 Å². The summed E-state index contributed by atoms with van der Waals surface area (Å²) in [7, 11) is 4.02. The Morgan fingerprint density at radius 1 is 0.596 bits per heavy atom. The van der Waals surface area contributed by atoms with Crippen molar-refractivity contribution in [1.29, 1.82) is 0 Å². The smallest absolute Gasteiger partial charge is 0.286 e. The zero-order valence-electron chi connectivity index (χ0n) is 28.6. The lowest BCUT2D eigenvalue weighted by Gasteiger charge is -2.05. The Bertz CT molecular complexity index is 2240. The summed E-state index contributed by atoms with van der Waals surface area (Å²) in [6.07, 6.45) is 11.2. The minimum absolute atomic E-state index is 0.355. The third kappa shape index (κ3) is 7.71. The van der Waals surface area contributed by atoms with Crippen LogP contribution in [0.1, 0.15) is 43.2 Å². The number of nitrogens with zero attached hydrogens (tertiary/aromatic N) is 6. The van der Waals surface area contributed by atoms with Gasteiger partial charge in [-0.1, -0.05) is 12.1 Å². The average molecular weight is 693 g/mol. The number of benzene rings is 3. The van der Waals surface area contributed by atoms with E-state index in [0.717, 1.165) is 45.3 Å². The van der Waals surface area contributed by atoms with Gasteiger partial charge in [0.05, 0.1) is 38.9 Å². The molecule has 0 fully saturated rings. The van der Waals surface area contributed by atoms with Crippen molar-refractivity contribution in [3.63, 3.8) is 0 Å². The number of aromatic nitrogens is 4. The van der Waals surface area contributed by atoms with E-state index in [-0.39, 0.29) is 0 Å². The lowest BCUT2D eigenvalue weighted by Crippen LogP contribution is -2.19. The first-order valence-corrected chi connectivity index (χ1v) is 16.5. The molecule has 7 rings (SSSR count). The van der Waals surface area contributed by atoms with Gasteiger partial charge in [0, 0.05) is 23.3 Å². The molecular weight excluding hydrogens is 656 g/mol. The molecule has 0 aliphatic carbocycles. The molecule has 7 aromatic rings. The van der Waals surface area contributed by atoms with E-state index < -0.39 is 11.8 Å². The predicted octanol–water partition coefficient (Wildman–Crippen LogP) is 4.53. The van der Waals surface area contributed by atoms with Crippen LogP contribution in [0.4, 0.5) is 0 Å². The molecule has 0 spiro atoms. The van der Waals surface area contributed by atoms with Crippen molar-refractivity contribution in [3.8, 4) is 11.5 Å². The van der Waals surface area contributed by atoms with Crippen molar-refractivity contribution in [3.05, 3.63) is 168 Å². The van der Waals surface area contributed by atoms with Crippen LogP contribution in [0.5, 0.6) is 11.5 Å². The molecule has 2 amide bonds. The third-order valence-corrected chi connectivity index (χ3v) is 8.56. The second-order valence-electron chi connectivity index (χ2n) is 12.0. The molecule has 0 bridgehead atoms. The van der Waals surface area contributed by atoms with Gasteiger partial charge in [0.1, 0.15) is 23.9 Å². The van der Waals surface area contributed by atoms with Crippen LogP contribution in [0.25, 0.3) is 11.3 Å². The molecule has 3 aromatic carbocycles. The number of imidazole rings is 2. The maximum absolute atomic E-state index is 12.6. The fourth-order valence-corrected chi connectivity index (χ4v) is 5.59. The molecule has 0 atom stereocenters. The highest BCUT2D eigenvalue weighted by molar-refractivity contribution is 5.98. The van der Waals surface area contributed by atoms with Crippen molar-refractivity contribution in [2.45, 2.75) is 13.2 Å². The number of hydrogen-bond donors (Lipinski definition) is 2. The van der Waals surface area contributed by atoms with Gasteiger partial charge in [-0.2, -0.15) is 10.2 Å². The highest BCUT2D eigenvalue weighted by Crippen LogP contribution is 2.16. The summed E-state index contributed by atoms with van der Waals surface area (Å²) in [5.74, 6) is 0.632. The van der Waals surface area contributed by atoms with Crippen molar-refractivity contribution in [2.24, 2.45) is 24.3 Å². The molecule has 258 valence electrons. The number of hydrogen-bond acceptors (Lipinski definition) is 6. The first-order chi connectivity index (χ1) is 25.4. The number of aryl methyl sites for hydroxylation is 2. The van der Waals surface area contributed by atoms with Gasteiger partial charge in [0.15, 0.2) is 24.6 Å². The van der Waals surface area contributed by atoms with E-state index in [1.165, 1.54) is 0 Å². The Labute approximate surface area is 299 Å². The van der Waals surface area contributed by atoms with Crippen molar-refractivity contribution in [2.75, 3.05) is 0 Å². The number of nitrogens with one attached hydrogen (secondary N) is 2. The second-order valence-corrected chi connectivity index (χ2v) is 12.0. The summed E-state index contributed by atoms with van der Waals surface area (Å²) in [5, 5.41) is 8.13. The molecule has 0 saturated carbocycles. The molecule has 4 aromatic heterocycles. The van der Waals surface area contributed by atoms with Crippen LogP contribution in [-0.2, 0) is 27.3 Å². The molecule has 0 radical (unpaired) electrons. The summed E-state index contributed by atoms with van der Waals surface area (Å²) in [5.41, 5.74) is 11.6. The number of carbonyl (C=O) groups excluding carboxylic acids is 2. The Hall–Kier alpha value is -7.08. The monoisotopic (exact) mass is 692 g/mol. The molecule has 0 aliphatic heterocycles. The van der Waals surface area contributed by atoms with Gasteiger partial charge in [-0.3, -0.25) is 9.59 Å². The van der Waals surface area contributed by atoms with Gasteiger partial charge in [0.25, 0.3) is 23.1 Å². The van der Waals surface area contributed by atoms with Crippen LogP contribution in [0.3, 0.4) is 0 Å². The lowest BCUT2D eigenvalue weighted by atomic mass is 10.1. The van der Waals surface area contributed by atoms with E-state index in [2.05, 4.69) is 51.1 Å². The molecule has 12 heteroatoms. The Morgan fingerprint density at radius 2 is 1.00 bits per heavy atom. The predicted molar refractivity (Wildman–Crippen MR) is 195 cm³/mol. The van der Waals surface area contributed by atoms with Crippen molar-refractivity contribution < 1.29 is 27.9 Å². The third-order valence-electron chi connectivity index (χ3n) is 8.56. The largest absolute Gasteiger partial charge is 0.485 e. The Kier molecular flexibility index (Phi) is 9.78. The van der Waals surface area contributed by atoms with Crippen LogP contribution < -0.4 is 29.1 Å². The number of amides is 2. The van der Waals surface area contributed by atoms with Gasteiger partial charge in [-0.15, -0.1) is 0 Å². The fourth-order valence-electron chi connectivity index (χ4n) is 5.59. The van der Waals surface area contributed by atoms with E-state index in [0.29, 0.717) is 24.3 Å². The summed E-state index contributed by atoms with van der Waals surface area (Å²) >= 11 is 0. The van der Waals surface area contributed by atoms with Gasteiger partial charge in [0.2, 0.25) is 0 Å². The maximum Gasteiger partial charge on any atom is 0.286 e. The number of pyridine rings is 2. The number of ether oxygens (including phenoxy) is 2. The van der Waals surface area contributed by atoms with E-state index in [9.17, 15) is 9.59 Å². The van der Waals surface area contributed by atoms with Crippen LogP contribution in [0, 0.1) is 0 Å². The molecule has 0 saturated heterocycles. The zero-order valence-corrected chi connectivity index (χ0v) is 28.6. The van der Waals surface area contributed by atoms with E-state index in [1.54, 1.807) is 36.7 Å². The minimum Gasteiger partial charge on any atom is -0.485 e. The quantitative estimate of drug-likeness (QED) is 0.111. The highest BCUT2D eigenvalue weighted by atomic mass is 16.5. The molecule has 0 aliphatic rings. The van der Waals surface area contributed by atoms with Crippen molar-refractivity contribution >= 4 is 35.5 Å². The zero-order chi connectivity index (χ0) is 35.9. The van der Waals surface area contributed by atoms with Crippen LogP contribution in [0.15, 0.2) is 144 Å². The molecule has 4 heterocycles. The summed E-state index contributed by atoms with van der Waals surface area (Å²) in [6.45, 7) is 0.849. The SMILES string of the molecule is Cn1c(COc2ccc(/C=N/NC(=O)c3ccc(C(=O)N/N=C/c4ccc(OCc5c[n+]6ccccc6n5C)cc4)cc3)cc2)c[n+]2ccccc12. The minimum atomic E-state index is -0.405. The highest BCUT2D eigenvalue weighted by Gasteiger charge is 2.15. The molecular formula is C40H36N8O4+2. The standard InChI is InChI=1S/C40H34N8O4/c1-45-33(25-47-21-5-3-7-37(45)47)27-51-35-17-9-29(10-18-35)23-41-43-39(49)31-13-15-32(16-14-31)40(50)44-42-24-30-11-19-36(20-12-30)52-28-34-26-48-22-6-4-8-38(48)46(34)2/h3-26H,27-28H2,1-2H3/p+2/b41-23+,42-24+. The van der Waals surface area contributed by atoms with Gasteiger partial charge < -0.3 is 9.47 Å². The van der Waals surface area contributed by atoms with E-state index >= 15 is 0 Å². The lowest BCUT2D eigenvalue weighted by molar-refractivity contribution is -0.511. The van der Waals surface area contributed by atoms with E-state index in [1.807, 2.05) is 112 Å². The average Bonchev–Trinajstić information content (AvgIpc) is 3.68. The normalized spacial score (nSPS) is 11.4. The summed E-state index contributed by atoms with van der Waals surface area (Å²) < 4.78 is 20.2. The number of rotatable bonds is 12. The molecule has 0 unspecified atom stereocenters. The molecule has 12 nitrogen and oxygen atoms in total. The topological polar surface area (TPSA) is 119 Å². The summed E-state index contributed by atoms with van der Waals surface area (Å²) in [4.78, 5) is 25.2.